The minimum Gasteiger partial charge on any atom is -0.460 e. The summed E-state index contributed by atoms with van der Waals surface area (Å²) in [7, 11) is 0. The van der Waals surface area contributed by atoms with E-state index in [9.17, 15) is 4.79 Å². The summed E-state index contributed by atoms with van der Waals surface area (Å²) < 4.78 is 10.1. The van der Waals surface area contributed by atoms with Crippen LogP contribution in [0.4, 0.5) is 0 Å². The van der Waals surface area contributed by atoms with Crippen molar-refractivity contribution in [1.82, 2.24) is 0 Å². The van der Waals surface area contributed by atoms with Crippen molar-refractivity contribution in [3.63, 3.8) is 0 Å². The molecule has 0 spiro atoms. The van der Waals surface area contributed by atoms with E-state index in [1.54, 1.807) is 0 Å². The molecular weight excluding hydrogens is 156 g/mol. The molecule has 0 aliphatic carbocycles. The zero-order valence-electron chi connectivity index (χ0n) is 8.29. The standard InChI is InChI=1S/C9H18O3/c1-7(2)5-11-6-8(3)12-9(4)10/h7-8H,5-6H2,1-4H3. The molecule has 0 fully saturated rings. The second-order valence-electron chi connectivity index (χ2n) is 3.35. The van der Waals surface area contributed by atoms with Gasteiger partial charge >= 0.3 is 5.97 Å². The van der Waals surface area contributed by atoms with Crippen molar-refractivity contribution >= 4 is 5.97 Å². The zero-order chi connectivity index (χ0) is 9.56. The van der Waals surface area contributed by atoms with Crippen LogP contribution in [0.1, 0.15) is 27.7 Å². The SMILES string of the molecule is CC(=O)OC(C)COCC(C)C. The zero-order valence-corrected chi connectivity index (χ0v) is 8.29. The Hall–Kier alpha value is -0.570. The van der Waals surface area contributed by atoms with Crippen LogP contribution in [0.2, 0.25) is 0 Å². The lowest BCUT2D eigenvalue weighted by atomic mass is 10.2. The predicted molar refractivity (Wildman–Crippen MR) is 46.9 cm³/mol. The van der Waals surface area contributed by atoms with Gasteiger partial charge in [-0.05, 0) is 12.8 Å². The molecule has 0 aromatic rings. The third kappa shape index (κ3) is 7.54. The van der Waals surface area contributed by atoms with Gasteiger partial charge in [0.15, 0.2) is 0 Å². The Morgan fingerprint density at radius 1 is 1.25 bits per heavy atom. The van der Waals surface area contributed by atoms with E-state index in [1.807, 2.05) is 6.92 Å². The molecule has 72 valence electrons. The summed E-state index contributed by atoms with van der Waals surface area (Å²) in [5, 5.41) is 0. The second-order valence-corrected chi connectivity index (χ2v) is 3.35. The van der Waals surface area contributed by atoms with Crippen LogP contribution in [0.15, 0.2) is 0 Å². The van der Waals surface area contributed by atoms with Crippen LogP contribution >= 0.6 is 0 Å². The molecule has 0 bridgehead atoms. The van der Waals surface area contributed by atoms with Crippen LogP contribution in [-0.4, -0.2) is 25.3 Å². The molecule has 0 aromatic heterocycles. The number of hydrogen-bond donors (Lipinski definition) is 0. The molecule has 0 radical (unpaired) electrons. The first-order chi connectivity index (χ1) is 5.52. The van der Waals surface area contributed by atoms with Crippen LogP contribution in [0, 0.1) is 5.92 Å². The highest BCUT2D eigenvalue weighted by Gasteiger charge is 2.05. The number of carbonyl (C=O) groups is 1. The minimum absolute atomic E-state index is 0.138. The topological polar surface area (TPSA) is 35.5 Å². The van der Waals surface area contributed by atoms with E-state index in [-0.39, 0.29) is 12.1 Å². The first-order valence-electron chi connectivity index (χ1n) is 4.27. The summed E-state index contributed by atoms with van der Waals surface area (Å²) in [6.45, 7) is 8.58. The minimum atomic E-state index is -0.254. The van der Waals surface area contributed by atoms with E-state index in [4.69, 9.17) is 9.47 Å². The summed E-state index contributed by atoms with van der Waals surface area (Å²) in [6.07, 6.45) is -0.138. The van der Waals surface area contributed by atoms with Crippen molar-refractivity contribution < 1.29 is 14.3 Å². The summed E-state index contributed by atoms with van der Waals surface area (Å²) in [5.41, 5.74) is 0. The fourth-order valence-electron chi connectivity index (χ4n) is 0.787. The van der Waals surface area contributed by atoms with Gasteiger partial charge in [-0.3, -0.25) is 4.79 Å². The average Bonchev–Trinajstić information content (AvgIpc) is 1.84. The molecule has 0 aliphatic rings. The van der Waals surface area contributed by atoms with Crippen LogP contribution in [0.5, 0.6) is 0 Å². The largest absolute Gasteiger partial charge is 0.460 e. The normalized spacial score (nSPS) is 13.1. The van der Waals surface area contributed by atoms with Gasteiger partial charge in [-0.25, -0.2) is 0 Å². The molecule has 0 amide bonds. The lowest BCUT2D eigenvalue weighted by Gasteiger charge is -2.12. The van der Waals surface area contributed by atoms with E-state index in [2.05, 4.69) is 13.8 Å². The Morgan fingerprint density at radius 3 is 2.25 bits per heavy atom. The van der Waals surface area contributed by atoms with Crippen molar-refractivity contribution in [2.24, 2.45) is 5.92 Å². The highest BCUT2D eigenvalue weighted by atomic mass is 16.6. The van der Waals surface area contributed by atoms with E-state index >= 15 is 0 Å². The van der Waals surface area contributed by atoms with E-state index in [0.717, 1.165) is 0 Å². The predicted octanol–water partition coefficient (Wildman–Crippen LogP) is 1.61. The van der Waals surface area contributed by atoms with Gasteiger partial charge in [-0.15, -0.1) is 0 Å². The van der Waals surface area contributed by atoms with Crippen molar-refractivity contribution in [3.05, 3.63) is 0 Å². The molecule has 0 N–H and O–H groups in total. The highest BCUT2D eigenvalue weighted by Crippen LogP contribution is 1.96. The molecule has 0 saturated carbocycles. The van der Waals surface area contributed by atoms with Gasteiger partial charge < -0.3 is 9.47 Å². The molecule has 12 heavy (non-hydrogen) atoms. The van der Waals surface area contributed by atoms with Crippen molar-refractivity contribution in [2.45, 2.75) is 33.8 Å². The van der Waals surface area contributed by atoms with Gasteiger partial charge in [0.05, 0.1) is 6.61 Å². The van der Waals surface area contributed by atoms with Crippen LogP contribution < -0.4 is 0 Å². The second kappa shape index (κ2) is 6.00. The Labute approximate surface area is 74.0 Å². The maximum absolute atomic E-state index is 10.5. The molecule has 1 atom stereocenters. The van der Waals surface area contributed by atoms with Gasteiger partial charge in [0, 0.05) is 13.5 Å². The average molecular weight is 174 g/mol. The van der Waals surface area contributed by atoms with Crippen LogP contribution in [0.25, 0.3) is 0 Å². The first kappa shape index (κ1) is 11.4. The first-order valence-corrected chi connectivity index (χ1v) is 4.27. The number of hydrogen-bond acceptors (Lipinski definition) is 3. The Morgan fingerprint density at radius 2 is 1.83 bits per heavy atom. The molecule has 0 heterocycles. The Kier molecular flexibility index (Phi) is 5.72. The summed E-state index contributed by atoms with van der Waals surface area (Å²) in [4.78, 5) is 10.5. The molecule has 0 aliphatic heterocycles. The quantitative estimate of drug-likeness (QED) is 0.594. The lowest BCUT2D eigenvalue weighted by Crippen LogP contribution is -2.19. The van der Waals surface area contributed by atoms with E-state index < -0.39 is 0 Å². The molecule has 3 nitrogen and oxygen atoms in total. The summed E-state index contributed by atoms with van der Waals surface area (Å²) in [6, 6.07) is 0. The fourth-order valence-corrected chi connectivity index (χ4v) is 0.787. The molecule has 1 unspecified atom stereocenters. The number of rotatable bonds is 5. The number of esters is 1. The van der Waals surface area contributed by atoms with Gasteiger partial charge in [-0.2, -0.15) is 0 Å². The molecular formula is C9H18O3. The third-order valence-electron chi connectivity index (χ3n) is 1.17. The monoisotopic (exact) mass is 174 g/mol. The summed E-state index contributed by atoms with van der Waals surface area (Å²) in [5.74, 6) is 0.269. The Balaban J connectivity index is 3.31. The number of ether oxygens (including phenoxy) is 2. The maximum Gasteiger partial charge on any atom is 0.302 e. The molecule has 3 heteroatoms. The lowest BCUT2D eigenvalue weighted by molar-refractivity contribution is -0.148. The van der Waals surface area contributed by atoms with Gasteiger partial charge in [0.1, 0.15) is 6.10 Å². The maximum atomic E-state index is 10.5. The van der Waals surface area contributed by atoms with Crippen molar-refractivity contribution in [1.29, 1.82) is 0 Å². The van der Waals surface area contributed by atoms with Gasteiger partial charge in [0.2, 0.25) is 0 Å². The van der Waals surface area contributed by atoms with E-state index in [0.29, 0.717) is 19.1 Å². The molecule has 0 aromatic carbocycles. The van der Waals surface area contributed by atoms with Crippen LogP contribution in [0.3, 0.4) is 0 Å². The van der Waals surface area contributed by atoms with Crippen molar-refractivity contribution in [3.8, 4) is 0 Å². The van der Waals surface area contributed by atoms with Crippen LogP contribution in [-0.2, 0) is 14.3 Å². The van der Waals surface area contributed by atoms with Crippen molar-refractivity contribution in [2.75, 3.05) is 13.2 Å². The molecule has 0 rings (SSSR count). The highest BCUT2D eigenvalue weighted by molar-refractivity contribution is 5.66. The summed E-state index contributed by atoms with van der Waals surface area (Å²) >= 11 is 0. The van der Waals surface area contributed by atoms with E-state index in [1.165, 1.54) is 6.92 Å². The van der Waals surface area contributed by atoms with Gasteiger partial charge in [-0.1, -0.05) is 13.8 Å². The molecule has 0 saturated heterocycles. The fraction of sp³-hybridized carbons (Fsp3) is 0.889. The Bertz CT molecular complexity index is 132. The number of carbonyl (C=O) groups excluding carboxylic acids is 1. The smallest absolute Gasteiger partial charge is 0.302 e. The third-order valence-corrected chi connectivity index (χ3v) is 1.17. The van der Waals surface area contributed by atoms with Gasteiger partial charge in [0.25, 0.3) is 0 Å².